The monoisotopic (exact) mass is 479 g/mol. The van der Waals surface area contributed by atoms with Crippen molar-refractivity contribution in [2.75, 3.05) is 14.1 Å². The van der Waals surface area contributed by atoms with Gasteiger partial charge in [-0.05, 0) is 60.9 Å². The Morgan fingerprint density at radius 2 is 1.73 bits per heavy atom. The van der Waals surface area contributed by atoms with Crippen LogP contribution in [0.15, 0.2) is 81.6 Å². The highest BCUT2D eigenvalue weighted by atomic mass is 32.2. The molecule has 1 heterocycles. The first kappa shape index (κ1) is 23.2. The van der Waals surface area contributed by atoms with Gasteiger partial charge in [-0.25, -0.2) is 17.7 Å². The summed E-state index contributed by atoms with van der Waals surface area (Å²) >= 11 is 1.41. The number of aromatic nitrogens is 2. The summed E-state index contributed by atoms with van der Waals surface area (Å²) in [5.41, 5.74) is 4.16. The molecule has 3 aromatic carbocycles. The Balaban J connectivity index is 1.80. The van der Waals surface area contributed by atoms with Crippen LogP contribution in [0, 0.1) is 13.8 Å². The van der Waals surface area contributed by atoms with Gasteiger partial charge in [0, 0.05) is 19.8 Å². The average Bonchev–Trinajstić information content (AvgIpc) is 2.80. The van der Waals surface area contributed by atoms with E-state index in [-0.39, 0.29) is 10.5 Å². The fraction of sp³-hybridized carbons (Fsp3) is 0.200. The molecule has 0 saturated heterocycles. The van der Waals surface area contributed by atoms with Crippen LogP contribution in [-0.4, -0.2) is 36.4 Å². The fourth-order valence-corrected chi connectivity index (χ4v) is 5.46. The summed E-state index contributed by atoms with van der Waals surface area (Å²) in [4.78, 5) is 18.5. The number of hydrogen-bond acceptors (Lipinski definition) is 5. The summed E-state index contributed by atoms with van der Waals surface area (Å²) in [5.74, 6) is 0.465. The Bertz CT molecular complexity index is 1510. The van der Waals surface area contributed by atoms with E-state index in [1.807, 2.05) is 56.3 Å². The second-order valence-electron chi connectivity index (χ2n) is 8.07. The van der Waals surface area contributed by atoms with Crippen LogP contribution >= 0.6 is 11.8 Å². The first-order chi connectivity index (χ1) is 15.7. The van der Waals surface area contributed by atoms with Gasteiger partial charge in [0.05, 0.1) is 21.5 Å². The zero-order chi connectivity index (χ0) is 23.8. The zero-order valence-corrected chi connectivity index (χ0v) is 20.6. The fourth-order valence-electron chi connectivity index (χ4n) is 3.54. The minimum atomic E-state index is -3.53. The molecule has 0 aliphatic carbocycles. The number of fused-ring (bicyclic) bond motifs is 1. The maximum atomic E-state index is 13.5. The smallest absolute Gasteiger partial charge is 0.266 e. The first-order valence-corrected chi connectivity index (χ1v) is 12.8. The van der Waals surface area contributed by atoms with Gasteiger partial charge in [0.15, 0.2) is 5.16 Å². The normalized spacial score (nSPS) is 11.9. The van der Waals surface area contributed by atoms with Gasteiger partial charge in [0.2, 0.25) is 10.0 Å². The van der Waals surface area contributed by atoms with Gasteiger partial charge in [0.1, 0.15) is 0 Å². The second-order valence-corrected chi connectivity index (χ2v) is 11.2. The van der Waals surface area contributed by atoms with Crippen LogP contribution in [0.5, 0.6) is 0 Å². The van der Waals surface area contributed by atoms with E-state index in [1.165, 1.54) is 30.2 Å². The maximum Gasteiger partial charge on any atom is 0.266 e. The molecule has 170 valence electrons. The molecule has 4 rings (SSSR count). The molecule has 1 aromatic heterocycles. The van der Waals surface area contributed by atoms with Crippen molar-refractivity contribution < 1.29 is 8.42 Å². The number of hydrogen-bond donors (Lipinski definition) is 0. The molecule has 0 amide bonds. The Morgan fingerprint density at radius 3 is 2.48 bits per heavy atom. The summed E-state index contributed by atoms with van der Waals surface area (Å²) in [7, 11) is -0.501. The number of thioether (sulfide) groups is 1. The number of nitrogens with zero attached hydrogens (tertiary/aromatic N) is 3. The molecule has 0 bridgehead atoms. The molecule has 0 spiro atoms. The molecule has 0 fully saturated rings. The molecule has 8 heteroatoms. The summed E-state index contributed by atoms with van der Waals surface area (Å²) in [6.07, 6.45) is 0. The number of para-hydroxylation sites is 1. The van der Waals surface area contributed by atoms with Crippen LogP contribution in [0.4, 0.5) is 0 Å². The molecule has 0 aliphatic heterocycles. The van der Waals surface area contributed by atoms with Crippen molar-refractivity contribution in [3.63, 3.8) is 0 Å². The van der Waals surface area contributed by atoms with Crippen molar-refractivity contribution in [3.05, 3.63) is 93.8 Å². The van der Waals surface area contributed by atoms with Crippen molar-refractivity contribution in [1.82, 2.24) is 13.9 Å². The third-order valence-corrected chi connectivity index (χ3v) is 8.22. The molecular formula is C25H25N3O3S2. The summed E-state index contributed by atoms with van der Waals surface area (Å²) in [6.45, 7) is 3.96. The van der Waals surface area contributed by atoms with Gasteiger partial charge in [-0.2, -0.15) is 0 Å². The lowest BCUT2D eigenvalue weighted by molar-refractivity contribution is 0.520. The van der Waals surface area contributed by atoms with Crippen LogP contribution in [0.25, 0.3) is 16.6 Å². The number of sulfonamides is 1. The van der Waals surface area contributed by atoms with Gasteiger partial charge in [0.25, 0.3) is 5.56 Å². The van der Waals surface area contributed by atoms with E-state index in [2.05, 4.69) is 0 Å². The highest BCUT2D eigenvalue weighted by Crippen LogP contribution is 2.27. The summed E-state index contributed by atoms with van der Waals surface area (Å²) in [5, 5.41) is 1.12. The van der Waals surface area contributed by atoms with Crippen molar-refractivity contribution in [2.24, 2.45) is 0 Å². The van der Waals surface area contributed by atoms with Crippen LogP contribution in [0.1, 0.15) is 16.7 Å². The molecule has 0 saturated carbocycles. The largest absolute Gasteiger partial charge is 0.268 e. The van der Waals surface area contributed by atoms with Gasteiger partial charge in [-0.3, -0.25) is 9.36 Å². The minimum absolute atomic E-state index is 0.124. The SMILES string of the molecule is Cc1ccc(C)c(-n2c(SCc3cccc(S(=O)(=O)N(C)C)c3)nc3ccccc3c2=O)c1. The van der Waals surface area contributed by atoms with Crippen LogP contribution < -0.4 is 5.56 Å². The molecule has 4 aromatic rings. The standard InChI is InChI=1S/C25H25N3O3S2/c1-17-12-13-18(2)23(14-17)28-24(29)21-10-5-6-11-22(21)26-25(28)32-16-19-8-7-9-20(15-19)33(30,31)27(3)4/h5-15H,16H2,1-4H3. The van der Waals surface area contributed by atoms with Crippen molar-refractivity contribution in [1.29, 1.82) is 0 Å². The average molecular weight is 480 g/mol. The molecule has 0 radical (unpaired) electrons. The number of rotatable bonds is 6. The summed E-state index contributed by atoms with van der Waals surface area (Å²) < 4.78 is 27.9. The van der Waals surface area contributed by atoms with Gasteiger partial charge < -0.3 is 0 Å². The summed E-state index contributed by atoms with van der Waals surface area (Å²) in [6, 6.07) is 20.2. The third-order valence-electron chi connectivity index (χ3n) is 5.40. The lowest BCUT2D eigenvalue weighted by Crippen LogP contribution is -2.22. The molecule has 0 unspecified atom stereocenters. The molecule has 0 N–H and O–H groups in total. The topological polar surface area (TPSA) is 72.3 Å². The second kappa shape index (κ2) is 9.13. The van der Waals surface area contributed by atoms with Crippen molar-refractivity contribution >= 4 is 32.7 Å². The van der Waals surface area contributed by atoms with E-state index in [4.69, 9.17) is 4.98 Å². The third kappa shape index (κ3) is 4.59. The van der Waals surface area contributed by atoms with E-state index in [1.54, 1.807) is 28.8 Å². The molecule has 6 nitrogen and oxygen atoms in total. The van der Waals surface area contributed by atoms with Crippen LogP contribution in [-0.2, 0) is 15.8 Å². The Kier molecular flexibility index (Phi) is 6.43. The van der Waals surface area contributed by atoms with E-state index in [9.17, 15) is 13.2 Å². The van der Waals surface area contributed by atoms with E-state index in [0.29, 0.717) is 21.8 Å². The molecule has 0 atom stereocenters. The molecule has 33 heavy (non-hydrogen) atoms. The van der Waals surface area contributed by atoms with Crippen LogP contribution in [0.3, 0.4) is 0 Å². The number of aryl methyl sites for hydroxylation is 2. The molecule has 0 aliphatic rings. The van der Waals surface area contributed by atoms with Gasteiger partial charge in [-0.15, -0.1) is 0 Å². The van der Waals surface area contributed by atoms with E-state index >= 15 is 0 Å². The lowest BCUT2D eigenvalue weighted by Gasteiger charge is -2.16. The Hall–Kier alpha value is -2.94. The van der Waals surface area contributed by atoms with Crippen molar-refractivity contribution in [3.8, 4) is 5.69 Å². The quantitative estimate of drug-likeness (QED) is 0.300. The highest BCUT2D eigenvalue weighted by Gasteiger charge is 2.18. The molecular weight excluding hydrogens is 454 g/mol. The van der Waals surface area contributed by atoms with Crippen LogP contribution in [0.2, 0.25) is 0 Å². The first-order valence-electron chi connectivity index (χ1n) is 10.4. The lowest BCUT2D eigenvalue weighted by atomic mass is 10.1. The minimum Gasteiger partial charge on any atom is -0.268 e. The Morgan fingerprint density at radius 1 is 0.970 bits per heavy atom. The zero-order valence-electron chi connectivity index (χ0n) is 18.9. The van der Waals surface area contributed by atoms with Gasteiger partial charge >= 0.3 is 0 Å². The Labute approximate surface area is 198 Å². The highest BCUT2D eigenvalue weighted by molar-refractivity contribution is 7.98. The predicted octanol–water partition coefficient (Wildman–Crippen LogP) is 4.55. The predicted molar refractivity (Wildman–Crippen MR) is 134 cm³/mol. The van der Waals surface area contributed by atoms with E-state index < -0.39 is 10.0 Å². The van der Waals surface area contributed by atoms with Gasteiger partial charge in [-0.1, -0.05) is 48.2 Å². The number of benzene rings is 3. The maximum absolute atomic E-state index is 13.5. The van der Waals surface area contributed by atoms with Crippen molar-refractivity contribution in [2.45, 2.75) is 29.7 Å². The van der Waals surface area contributed by atoms with E-state index in [0.717, 1.165) is 22.4 Å².